The minimum absolute atomic E-state index is 0.00366. The predicted octanol–water partition coefficient (Wildman–Crippen LogP) is 0.917. The van der Waals surface area contributed by atoms with E-state index in [-0.39, 0.29) is 18.8 Å². The van der Waals surface area contributed by atoms with Crippen LogP contribution in [0.5, 0.6) is 0 Å². The van der Waals surface area contributed by atoms with Gasteiger partial charge in [-0.3, -0.25) is 5.41 Å². The Morgan fingerprint density at radius 1 is 1.41 bits per heavy atom. The van der Waals surface area contributed by atoms with Gasteiger partial charge in [-0.2, -0.15) is 13.2 Å². The molecule has 0 rings (SSSR count). The number of nitrogens with zero attached hydrogens (tertiary/aromatic N) is 1. The van der Waals surface area contributed by atoms with Crippen LogP contribution in [-0.4, -0.2) is 44.1 Å². The van der Waals surface area contributed by atoms with Gasteiger partial charge in [0.05, 0.1) is 11.6 Å². The zero-order valence-electron chi connectivity index (χ0n) is 9.42. The lowest BCUT2D eigenvalue weighted by Gasteiger charge is -2.16. The summed E-state index contributed by atoms with van der Waals surface area (Å²) in [5, 5.41) is 6.92. The van der Waals surface area contributed by atoms with Crippen molar-refractivity contribution < 1.29 is 21.6 Å². The molecule has 0 spiro atoms. The Hall–Kier alpha value is -0.830. The average Bonchev–Trinajstić information content (AvgIpc) is 2.11. The second-order valence-corrected chi connectivity index (χ2v) is 5.83. The molecular formula is C8H16F3N3O2S. The summed E-state index contributed by atoms with van der Waals surface area (Å²) < 4.78 is 59.4. The highest BCUT2D eigenvalue weighted by molar-refractivity contribution is 7.89. The van der Waals surface area contributed by atoms with Crippen LogP contribution in [0.3, 0.4) is 0 Å². The van der Waals surface area contributed by atoms with Gasteiger partial charge in [0, 0.05) is 26.4 Å². The van der Waals surface area contributed by atoms with Crippen LogP contribution >= 0.6 is 0 Å². The van der Waals surface area contributed by atoms with Crippen LogP contribution in [0.4, 0.5) is 13.2 Å². The number of alkyl halides is 3. The van der Waals surface area contributed by atoms with Gasteiger partial charge in [0.25, 0.3) is 0 Å². The molecule has 0 aromatic heterocycles. The summed E-state index contributed by atoms with van der Waals surface area (Å²) in [5.41, 5.74) is 5.05. The minimum Gasteiger partial charge on any atom is -0.388 e. The third-order valence-electron chi connectivity index (χ3n) is 2.03. The summed E-state index contributed by atoms with van der Waals surface area (Å²) in [6, 6.07) is 0. The van der Waals surface area contributed by atoms with E-state index in [1.54, 1.807) is 0 Å². The first kappa shape index (κ1) is 16.2. The summed E-state index contributed by atoms with van der Waals surface area (Å²) >= 11 is 0. The van der Waals surface area contributed by atoms with Gasteiger partial charge in [0.1, 0.15) is 0 Å². The van der Waals surface area contributed by atoms with E-state index in [0.717, 1.165) is 4.31 Å². The van der Waals surface area contributed by atoms with Gasteiger partial charge >= 0.3 is 6.18 Å². The molecule has 0 saturated carbocycles. The normalized spacial score (nSPS) is 13.0. The molecule has 0 aliphatic rings. The molecule has 0 heterocycles. The Kier molecular flexibility index (Phi) is 5.89. The Bertz CT molecular complexity index is 354. The molecule has 0 aromatic carbocycles. The summed E-state index contributed by atoms with van der Waals surface area (Å²) in [7, 11) is -2.44. The number of hydrogen-bond donors (Lipinski definition) is 2. The maximum Gasteiger partial charge on any atom is 0.389 e. The lowest BCUT2D eigenvalue weighted by molar-refractivity contribution is -0.134. The summed E-state index contributed by atoms with van der Waals surface area (Å²) in [6.45, 7) is 0.00366. The quantitative estimate of drug-likeness (QED) is 0.535. The van der Waals surface area contributed by atoms with Crippen molar-refractivity contribution in [3.05, 3.63) is 0 Å². The van der Waals surface area contributed by atoms with Gasteiger partial charge in [-0.15, -0.1) is 0 Å². The topological polar surface area (TPSA) is 87.2 Å². The molecule has 0 unspecified atom stereocenters. The molecule has 0 fully saturated rings. The molecule has 0 aromatic rings. The fraction of sp³-hybridized carbons (Fsp3) is 0.875. The Labute approximate surface area is 98.3 Å². The van der Waals surface area contributed by atoms with Crippen LogP contribution in [0, 0.1) is 5.41 Å². The zero-order chi connectivity index (χ0) is 13.7. The molecule has 0 saturated heterocycles. The van der Waals surface area contributed by atoms with E-state index in [2.05, 4.69) is 0 Å². The Morgan fingerprint density at radius 2 is 1.94 bits per heavy atom. The smallest absolute Gasteiger partial charge is 0.388 e. The number of amidine groups is 1. The van der Waals surface area contributed by atoms with Crippen LogP contribution in [-0.2, 0) is 10.0 Å². The monoisotopic (exact) mass is 275 g/mol. The zero-order valence-corrected chi connectivity index (χ0v) is 10.2. The first-order valence-electron chi connectivity index (χ1n) is 4.88. The van der Waals surface area contributed by atoms with E-state index >= 15 is 0 Å². The van der Waals surface area contributed by atoms with Crippen molar-refractivity contribution >= 4 is 15.9 Å². The van der Waals surface area contributed by atoms with E-state index < -0.39 is 34.8 Å². The molecular weight excluding hydrogens is 259 g/mol. The van der Waals surface area contributed by atoms with Crippen LogP contribution < -0.4 is 5.73 Å². The number of rotatable bonds is 7. The SMILES string of the molecule is CN(CCC(=N)N)S(=O)(=O)CCCC(F)(F)F. The molecule has 3 N–H and O–H groups in total. The Balaban J connectivity index is 4.15. The fourth-order valence-corrected chi connectivity index (χ4v) is 2.22. The van der Waals surface area contributed by atoms with Gasteiger partial charge in [-0.05, 0) is 6.42 Å². The third-order valence-corrected chi connectivity index (χ3v) is 3.97. The number of sulfonamides is 1. The summed E-state index contributed by atoms with van der Waals surface area (Å²) in [6.07, 6.45) is -5.86. The highest BCUT2D eigenvalue weighted by atomic mass is 32.2. The second kappa shape index (κ2) is 6.20. The molecule has 0 atom stereocenters. The standard InChI is InChI=1S/C8H16F3N3O2S/c1-14(5-3-7(12)13)17(15,16)6-2-4-8(9,10)11/h2-6H2,1H3,(H3,12,13). The Morgan fingerprint density at radius 3 is 2.35 bits per heavy atom. The molecule has 0 radical (unpaired) electrons. The first-order chi connectivity index (χ1) is 7.54. The van der Waals surface area contributed by atoms with E-state index in [0.29, 0.717) is 0 Å². The molecule has 0 aliphatic carbocycles. The summed E-state index contributed by atoms with van der Waals surface area (Å²) in [4.78, 5) is 0. The van der Waals surface area contributed by atoms with Crippen LogP contribution in [0.25, 0.3) is 0 Å². The maximum absolute atomic E-state index is 11.8. The highest BCUT2D eigenvalue weighted by Gasteiger charge is 2.28. The van der Waals surface area contributed by atoms with Gasteiger partial charge in [-0.25, -0.2) is 12.7 Å². The van der Waals surface area contributed by atoms with Crippen molar-refractivity contribution in [1.29, 1.82) is 5.41 Å². The number of hydrogen-bond acceptors (Lipinski definition) is 3. The van der Waals surface area contributed by atoms with Crippen molar-refractivity contribution in [1.82, 2.24) is 4.31 Å². The second-order valence-electron chi connectivity index (χ2n) is 3.63. The van der Waals surface area contributed by atoms with Crippen molar-refractivity contribution in [2.24, 2.45) is 5.73 Å². The van der Waals surface area contributed by atoms with Crippen molar-refractivity contribution in [3.63, 3.8) is 0 Å². The van der Waals surface area contributed by atoms with E-state index in [1.807, 2.05) is 0 Å². The molecule has 102 valence electrons. The molecule has 0 amide bonds. The predicted molar refractivity (Wildman–Crippen MR) is 58.2 cm³/mol. The van der Waals surface area contributed by atoms with Crippen LogP contribution in [0.15, 0.2) is 0 Å². The largest absolute Gasteiger partial charge is 0.389 e. The minimum atomic E-state index is -4.34. The van der Waals surface area contributed by atoms with Crippen molar-refractivity contribution in [3.8, 4) is 0 Å². The van der Waals surface area contributed by atoms with E-state index in [9.17, 15) is 21.6 Å². The van der Waals surface area contributed by atoms with Gasteiger partial charge in [0.2, 0.25) is 10.0 Å². The van der Waals surface area contributed by atoms with Crippen molar-refractivity contribution in [2.75, 3.05) is 19.3 Å². The number of nitrogens with two attached hydrogens (primary N) is 1. The highest BCUT2D eigenvalue weighted by Crippen LogP contribution is 2.21. The lowest BCUT2D eigenvalue weighted by Crippen LogP contribution is -2.32. The van der Waals surface area contributed by atoms with E-state index in [4.69, 9.17) is 11.1 Å². The first-order valence-corrected chi connectivity index (χ1v) is 6.49. The molecule has 17 heavy (non-hydrogen) atoms. The van der Waals surface area contributed by atoms with Gasteiger partial charge < -0.3 is 5.73 Å². The maximum atomic E-state index is 11.8. The number of nitrogens with one attached hydrogen (secondary N) is 1. The lowest BCUT2D eigenvalue weighted by atomic mass is 10.3. The summed E-state index contributed by atoms with van der Waals surface area (Å²) in [5.74, 6) is -0.719. The third kappa shape index (κ3) is 7.97. The van der Waals surface area contributed by atoms with Gasteiger partial charge in [-0.1, -0.05) is 0 Å². The van der Waals surface area contributed by atoms with E-state index in [1.165, 1.54) is 7.05 Å². The molecule has 9 heteroatoms. The van der Waals surface area contributed by atoms with Crippen LogP contribution in [0.1, 0.15) is 19.3 Å². The van der Waals surface area contributed by atoms with Crippen LogP contribution in [0.2, 0.25) is 0 Å². The molecule has 0 bridgehead atoms. The van der Waals surface area contributed by atoms with Gasteiger partial charge in [0.15, 0.2) is 0 Å². The fourth-order valence-electron chi connectivity index (χ4n) is 1.03. The molecule has 0 aliphatic heterocycles. The molecule has 5 nitrogen and oxygen atoms in total. The number of halogens is 3. The average molecular weight is 275 g/mol. The van der Waals surface area contributed by atoms with Crippen molar-refractivity contribution in [2.45, 2.75) is 25.4 Å².